The summed E-state index contributed by atoms with van der Waals surface area (Å²) in [6.07, 6.45) is 0.167. The molecule has 0 saturated carbocycles. The van der Waals surface area contributed by atoms with Gasteiger partial charge in [-0.1, -0.05) is 0 Å². The van der Waals surface area contributed by atoms with Crippen LogP contribution in [0.4, 0.5) is 8.78 Å². The number of imidazole rings is 2. The van der Waals surface area contributed by atoms with Gasteiger partial charge in [-0.3, -0.25) is 14.2 Å². The van der Waals surface area contributed by atoms with Crippen LogP contribution >= 0.6 is 0 Å². The fourth-order valence-electron chi connectivity index (χ4n) is 7.47. The fraction of sp³-hybridized carbons (Fsp3) is 0.395. The van der Waals surface area contributed by atoms with E-state index in [1.54, 1.807) is 45.4 Å². The summed E-state index contributed by atoms with van der Waals surface area (Å²) in [5, 5.41) is 5.62. The second-order valence-corrected chi connectivity index (χ2v) is 14.8. The van der Waals surface area contributed by atoms with E-state index in [0.29, 0.717) is 77.1 Å². The Morgan fingerprint density at radius 2 is 1.18 bits per heavy atom. The number of aromatic nitrogens is 6. The topological polar surface area (TPSA) is 186 Å². The van der Waals surface area contributed by atoms with Gasteiger partial charge in [-0.05, 0) is 76.2 Å². The number of methoxy groups -OCH3 is 4. The van der Waals surface area contributed by atoms with E-state index in [1.165, 1.54) is 21.1 Å². The number of pyridine rings is 2. The van der Waals surface area contributed by atoms with Crippen molar-refractivity contribution in [1.29, 1.82) is 0 Å². The quantitative estimate of drug-likeness (QED) is 0.114. The predicted molar refractivity (Wildman–Crippen MR) is 222 cm³/mol. The summed E-state index contributed by atoms with van der Waals surface area (Å²) in [7, 11) is 6.27. The molecule has 0 bridgehead atoms. The zero-order chi connectivity index (χ0) is 43.5. The van der Waals surface area contributed by atoms with Gasteiger partial charge in [0.2, 0.25) is 23.6 Å². The Hall–Kier alpha value is -6.72. The summed E-state index contributed by atoms with van der Waals surface area (Å²) < 4.78 is 62.1. The van der Waals surface area contributed by atoms with E-state index in [0.717, 1.165) is 27.2 Å². The number of hydrogen-bond acceptors (Lipinski definition) is 12. The number of halogens is 2. The van der Waals surface area contributed by atoms with Crippen LogP contribution in [0.2, 0.25) is 0 Å². The van der Waals surface area contributed by atoms with E-state index in [9.17, 15) is 18.4 Å². The minimum absolute atomic E-state index is 0.0417. The third kappa shape index (κ3) is 8.93. The second kappa shape index (κ2) is 17.9. The van der Waals surface area contributed by atoms with E-state index in [4.69, 9.17) is 33.4 Å². The monoisotopic (exact) mass is 842 g/mol. The first-order valence-corrected chi connectivity index (χ1v) is 19.7. The molecule has 2 fully saturated rings. The molecule has 4 atom stereocenters. The molecule has 4 aromatic heterocycles. The molecule has 322 valence electrons. The van der Waals surface area contributed by atoms with Crippen LogP contribution in [0, 0.1) is 25.7 Å². The van der Waals surface area contributed by atoms with E-state index in [-0.39, 0.29) is 47.0 Å². The van der Waals surface area contributed by atoms with Gasteiger partial charge in [-0.25, -0.2) is 19.9 Å². The van der Waals surface area contributed by atoms with Crippen molar-refractivity contribution in [2.24, 2.45) is 11.8 Å². The molecule has 6 aromatic rings. The number of carbonyl (C=O) groups excluding carboxylic acids is 2. The molecule has 16 nitrogen and oxygen atoms in total. The molecule has 0 spiro atoms. The van der Waals surface area contributed by atoms with Crippen molar-refractivity contribution in [3.8, 4) is 57.3 Å². The molecule has 2 aromatic carbocycles. The predicted octanol–water partition coefficient (Wildman–Crippen LogP) is 6.58. The van der Waals surface area contributed by atoms with Crippen LogP contribution in [0.15, 0.2) is 48.5 Å². The van der Waals surface area contributed by atoms with Crippen molar-refractivity contribution in [2.45, 2.75) is 59.3 Å². The number of fused-ring (bicyclic) bond motifs is 2. The maximum absolute atomic E-state index is 13.8. The maximum Gasteiger partial charge on any atom is 0.320 e. The lowest BCUT2D eigenvalue weighted by molar-refractivity contribution is -0.120. The summed E-state index contributed by atoms with van der Waals surface area (Å²) in [6, 6.07) is 14.5. The van der Waals surface area contributed by atoms with Crippen molar-refractivity contribution in [3.05, 3.63) is 60.2 Å². The summed E-state index contributed by atoms with van der Waals surface area (Å²) in [6.45, 7) is 5.43. The standard InChI is InChI=1S/C22H24F2N4O4.C21H24N4O4/c1-11(14-8-19(29)25-10-14)32-21-20-16(26-12(2)28(20)22(23)24)9-15(27-21)13-5-6-17(30-3)18(7-13)31-4;1-11(14-8-19(26)22-10-14)29-21-20-16(23-12(2)24-20)9-15(25-21)13-5-6-17(27-3)18(7-13)28-4/h5-7,9,11,14,22H,8,10H2,1-4H3,(H,25,29);5-7,9,11,14H,8,10H2,1-4H3,(H,22,26)(H,23,24)/t2*11-,14-/m11/s1. The minimum atomic E-state index is -2.80. The number of aryl methyl sites for hydroxylation is 2. The molecular formula is C43H48F2N8O8. The molecule has 3 N–H and O–H groups in total. The molecule has 2 amide bonds. The average Bonchev–Trinajstić information content (AvgIpc) is 4.05. The summed E-state index contributed by atoms with van der Waals surface area (Å²) in [5.74, 6) is 3.76. The van der Waals surface area contributed by atoms with Crippen molar-refractivity contribution >= 4 is 33.9 Å². The third-order valence-corrected chi connectivity index (χ3v) is 10.9. The summed E-state index contributed by atoms with van der Waals surface area (Å²) >= 11 is 0. The summed E-state index contributed by atoms with van der Waals surface area (Å²) in [5.41, 5.74) is 4.73. The van der Waals surface area contributed by atoms with Crippen molar-refractivity contribution in [2.75, 3.05) is 41.5 Å². The lowest BCUT2D eigenvalue weighted by Crippen LogP contribution is -2.26. The van der Waals surface area contributed by atoms with Crippen LogP contribution in [0.3, 0.4) is 0 Å². The number of alkyl halides is 2. The first-order chi connectivity index (χ1) is 29.3. The van der Waals surface area contributed by atoms with E-state index < -0.39 is 12.7 Å². The van der Waals surface area contributed by atoms with Gasteiger partial charge in [-0.2, -0.15) is 8.78 Å². The van der Waals surface area contributed by atoms with Gasteiger partial charge < -0.3 is 44.0 Å². The number of ether oxygens (including phenoxy) is 6. The lowest BCUT2D eigenvalue weighted by atomic mass is 10.0. The second-order valence-electron chi connectivity index (χ2n) is 14.8. The van der Waals surface area contributed by atoms with Crippen LogP contribution in [0.1, 0.15) is 44.9 Å². The lowest BCUT2D eigenvalue weighted by Gasteiger charge is -2.20. The molecular weight excluding hydrogens is 795 g/mol. The molecule has 2 saturated heterocycles. The normalized spacial score (nSPS) is 17.1. The number of benzene rings is 2. The largest absolute Gasteiger partial charge is 0.493 e. The number of amides is 2. The number of nitrogens with zero attached hydrogens (tertiary/aromatic N) is 5. The molecule has 61 heavy (non-hydrogen) atoms. The van der Waals surface area contributed by atoms with Crippen molar-refractivity contribution in [3.63, 3.8) is 0 Å². The Balaban J connectivity index is 0.000000185. The van der Waals surface area contributed by atoms with Crippen LogP contribution in [0.25, 0.3) is 44.6 Å². The van der Waals surface area contributed by atoms with Gasteiger partial charge in [0.15, 0.2) is 28.5 Å². The first kappa shape index (κ1) is 42.4. The fourth-order valence-corrected chi connectivity index (χ4v) is 7.47. The van der Waals surface area contributed by atoms with Gasteiger partial charge >= 0.3 is 6.55 Å². The Morgan fingerprint density at radius 3 is 1.67 bits per heavy atom. The molecule has 2 aliphatic heterocycles. The molecule has 8 rings (SSSR count). The van der Waals surface area contributed by atoms with E-state index in [1.807, 2.05) is 38.1 Å². The highest BCUT2D eigenvalue weighted by Gasteiger charge is 2.31. The molecule has 2 aliphatic rings. The summed E-state index contributed by atoms with van der Waals surface area (Å²) in [4.78, 5) is 44.6. The highest BCUT2D eigenvalue weighted by molar-refractivity contribution is 5.86. The number of hydrogen-bond donors (Lipinski definition) is 3. The molecule has 0 aliphatic carbocycles. The zero-order valence-corrected chi connectivity index (χ0v) is 35.1. The number of aromatic amines is 1. The third-order valence-electron chi connectivity index (χ3n) is 10.9. The zero-order valence-electron chi connectivity index (χ0n) is 35.1. The van der Waals surface area contributed by atoms with Crippen LogP contribution in [0.5, 0.6) is 34.8 Å². The first-order valence-electron chi connectivity index (χ1n) is 19.7. The van der Waals surface area contributed by atoms with Gasteiger partial charge in [-0.15, -0.1) is 0 Å². The van der Waals surface area contributed by atoms with Gasteiger partial charge in [0.1, 0.15) is 29.4 Å². The highest BCUT2D eigenvalue weighted by atomic mass is 19.3. The average molecular weight is 843 g/mol. The van der Waals surface area contributed by atoms with Crippen molar-refractivity contribution in [1.82, 2.24) is 40.1 Å². The molecule has 0 radical (unpaired) electrons. The number of rotatable bonds is 13. The number of H-pyrrole nitrogens is 1. The van der Waals surface area contributed by atoms with E-state index in [2.05, 4.69) is 30.6 Å². The van der Waals surface area contributed by atoms with E-state index >= 15 is 0 Å². The van der Waals surface area contributed by atoms with Gasteiger partial charge in [0.05, 0.1) is 50.9 Å². The Morgan fingerprint density at radius 1 is 0.672 bits per heavy atom. The number of nitrogens with one attached hydrogen (secondary N) is 3. The minimum Gasteiger partial charge on any atom is -0.493 e. The van der Waals surface area contributed by atoms with Crippen LogP contribution in [-0.2, 0) is 9.59 Å². The molecule has 6 heterocycles. The van der Waals surface area contributed by atoms with Crippen LogP contribution < -0.4 is 39.1 Å². The van der Waals surface area contributed by atoms with Crippen molar-refractivity contribution < 1.29 is 46.8 Å². The maximum atomic E-state index is 13.8. The smallest absolute Gasteiger partial charge is 0.320 e. The molecule has 0 unspecified atom stereocenters. The van der Waals surface area contributed by atoms with Crippen LogP contribution in [-0.4, -0.2) is 95.0 Å². The Kier molecular flexibility index (Phi) is 12.4. The SMILES string of the molecule is COc1ccc(-c2cc3[nH]c(C)nc3c(O[C@H](C)[C@H]3CNC(=O)C3)n2)cc1OC.COc1ccc(-c2cc3nc(C)n(C(F)F)c3c(O[C@H](C)[C@H]3CNC(=O)C3)n2)cc1OC. The molecule has 18 heteroatoms. The Labute approximate surface area is 350 Å². The van der Waals surface area contributed by atoms with Gasteiger partial charge in [0.25, 0.3) is 0 Å². The van der Waals surface area contributed by atoms with Gasteiger partial charge in [0, 0.05) is 48.9 Å². The highest BCUT2D eigenvalue weighted by Crippen LogP contribution is 2.38. The Bertz CT molecular complexity index is 2580. The number of carbonyl (C=O) groups is 2.